The van der Waals surface area contributed by atoms with Crippen molar-refractivity contribution in [2.45, 2.75) is 76.5 Å². The molecule has 0 saturated carbocycles. The van der Waals surface area contributed by atoms with Crippen LogP contribution < -0.4 is 11.1 Å². The van der Waals surface area contributed by atoms with Gasteiger partial charge in [0, 0.05) is 42.8 Å². The number of fused-ring (bicyclic) bond motifs is 3. The molecule has 8 rings (SSSR count). The number of alkyl carbamates (subject to hydrolysis) is 1. The number of likely N-dealkylation sites (tertiary alicyclic amines) is 2. The minimum Gasteiger partial charge on any atom is -0.453 e. The third kappa shape index (κ3) is 7.84. The first kappa shape index (κ1) is 38.2. The molecule has 3 aliphatic rings. The Morgan fingerprint density at radius 2 is 1.56 bits per heavy atom. The predicted molar refractivity (Wildman–Crippen MR) is 217 cm³/mol. The van der Waals surface area contributed by atoms with Crippen LogP contribution in [0.4, 0.5) is 4.79 Å². The number of aromatic nitrogens is 4. The number of methoxy groups -OCH3 is 1. The number of hydrogen-bond acceptors (Lipinski definition) is 8. The third-order valence-corrected chi connectivity index (χ3v) is 11.8. The predicted octanol–water partition coefficient (Wildman–Crippen LogP) is 5.97. The number of ether oxygens (including phenoxy) is 2. The second kappa shape index (κ2) is 16.4. The summed E-state index contributed by atoms with van der Waals surface area (Å²) < 4.78 is 10.4. The number of H-pyrrole nitrogens is 2. The van der Waals surface area contributed by atoms with Gasteiger partial charge in [-0.15, -0.1) is 0 Å². The highest BCUT2D eigenvalue weighted by atomic mass is 16.5. The maximum atomic E-state index is 14.0. The fourth-order valence-corrected chi connectivity index (χ4v) is 8.50. The molecule has 4 atom stereocenters. The molecule has 0 bridgehead atoms. The van der Waals surface area contributed by atoms with E-state index < -0.39 is 18.2 Å². The molecule has 5 aromatic rings. The molecule has 13 nitrogen and oxygen atoms in total. The van der Waals surface area contributed by atoms with Crippen LogP contribution in [0.2, 0.25) is 0 Å². The van der Waals surface area contributed by atoms with Crippen LogP contribution in [0.15, 0.2) is 60.8 Å². The maximum absolute atomic E-state index is 14.0. The van der Waals surface area contributed by atoms with Gasteiger partial charge in [-0.05, 0) is 91.6 Å². The molecule has 0 spiro atoms. The van der Waals surface area contributed by atoms with E-state index in [1.165, 1.54) is 7.11 Å². The zero-order valence-corrected chi connectivity index (χ0v) is 32.7. The monoisotopic (exact) mass is 770 g/mol. The molecule has 3 fully saturated rings. The largest absolute Gasteiger partial charge is 0.453 e. The molecular weight excluding hydrogens is 721 g/mol. The Morgan fingerprint density at radius 3 is 2.28 bits per heavy atom. The van der Waals surface area contributed by atoms with E-state index in [1.807, 2.05) is 66.2 Å². The Balaban J connectivity index is 0.962. The second-order valence-corrected chi connectivity index (χ2v) is 15.7. The first-order valence-electron chi connectivity index (χ1n) is 20.1. The van der Waals surface area contributed by atoms with E-state index in [9.17, 15) is 14.4 Å². The number of nitrogens with one attached hydrogen (secondary N) is 3. The van der Waals surface area contributed by atoms with Crippen LogP contribution in [-0.4, -0.2) is 93.1 Å². The summed E-state index contributed by atoms with van der Waals surface area (Å²) in [5, 5.41) is 4.88. The number of nitrogens with two attached hydrogens (primary N) is 1. The number of carbonyl (C=O) groups excluding carboxylic acids is 3. The van der Waals surface area contributed by atoms with Crippen LogP contribution in [0.5, 0.6) is 0 Å². The SMILES string of the molecule is COC(=O)N[C@H](C(=O)N1CCC[C@H]1c1nc2ccc3cc(C#Cc4ccc(-c5cnc([C@@H]6CCCN6C(=O)[C@@H](N)C(C)C)[nH]5)cc4)ccc3c2[nH]1)C1CCOCC1. The average Bonchev–Trinajstić information content (AvgIpc) is 4.08. The van der Waals surface area contributed by atoms with Gasteiger partial charge in [0.1, 0.15) is 17.7 Å². The second-order valence-electron chi connectivity index (χ2n) is 15.7. The Kier molecular flexibility index (Phi) is 11.0. The van der Waals surface area contributed by atoms with Crippen LogP contribution in [0.25, 0.3) is 33.1 Å². The van der Waals surface area contributed by atoms with E-state index >= 15 is 0 Å². The first-order chi connectivity index (χ1) is 27.7. The fourth-order valence-electron chi connectivity index (χ4n) is 8.50. The van der Waals surface area contributed by atoms with Crippen molar-refractivity contribution in [2.24, 2.45) is 17.6 Å². The van der Waals surface area contributed by atoms with Crippen molar-refractivity contribution in [1.82, 2.24) is 35.1 Å². The lowest BCUT2D eigenvalue weighted by atomic mass is 9.90. The van der Waals surface area contributed by atoms with E-state index in [1.54, 1.807) is 0 Å². The molecule has 13 heteroatoms. The summed E-state index contributed by atoms with van der Waals surface area (Å²) in [4.78, 5) is 59.7. The summed E-state index contributed by atoms with van der Waals surface area (Å²) in [6, 6.07) is 16.8. The quantitative estimate of drug-likeness (QED) is 0.140. The van der Waals surface area contributed by atoms with E-state index in [0.29, 0.717) is 39.1 Å². The van der Waals surface area contributed by atoms with E-state index in [2.05, 4.69) is 50.3 Å². The summed E-state index contributed by atoms with van der Waals surface area (Å²) >= 11 is 0. The van der Waals surface area contributed by atoms with Crippen molar-refractivity contribution in [2.75, 3.05) is 33.4 Å². The molecule has 3 saturated heterocycles. The van der Waals surface area contributed by atoms with E-state index in [-0.39, 0.29) is 35.7 Å². The lowest BCUT2D eigenvalue weighted by molar-refractivity contribution is -0.137. The Labute approximate surface area is 332 Å². The van der Waals surface area contributed by atoms with Crippen molar-refractivity contribution in [3.63, 3.8) is 0 Å². The molecule has 0 unspecified atom stereocenters. The molecule has 3 amide bonds. The summed E-state index contributed by atoms with van der Waals surface area (Å²) in [6.45, 7) is 6.35. The number of aromatic amines is 2. The Morgan fingerprint density at radius 1 is 0.877 bits per heavy atom. The van der Waals surface area contributed by atoms with Crippen molar-refractivity contribution in [3.8, 4) is 23.1 Å². The van der Waals surface area contributed by atoms with Gasteiger partial charge in [-0.1, -0.05) is 50.0 Å². The maximum Gasteiger partial charge on any atom is 0.407 e. The highest BCUT2D eigenvalue weighted by molar-refractivity contribution is 6.04. The highest BCUT2D eigenvalue weighted by Crippen LogP contribution is 2.36. The number of nitrogens with zero attached hydrogens (tertiary/aromatic N) is 4. The smallest absolute Gasteiger partial charge is 0.407 e. The Bertz CT molecular complexity index is 2330. The standard InChI is InChI=1S/C44H50N8O5/c1-26(2)37(45)42(53)51-20-4-6-35(51)40-46-25-34(48-40)29-13-10-27(11-14-29)8-9-28-12-16-32-31(24-28)15-17-33-39(32)49-41(47-33)36-7-5-21-52(36)43(54)38(50-44(55)56-3)30-18-22-57-23-19-30/h10-17,24-26,30,35-38H,4-7,18-23,45H2,1-3H3,(H,46,48)(H,47,49)(H,50,55)/t35-,36-,37-,38-/m0/s1. The molecule has 296 valence electrons. The molecule has 5 heterocycles. The van der Waals surface area contributed by atoms with Gasteiger partial charge in [-0.3, -0.25) is 9.59 Å². The van der Waals surface area contributed by atoms with Gasteiger partial charge in [0.15, 0.2) is 0 Å². The average molecular weight is 771 g/mol. The van der Waals surface area contributed by atoms with Gasteiger partial charge >= 0.3 is 6.09 Å². The van der Waals surface area contributed by atoms with Crippen LogP contribution in [0.3, 0.4) is 0 Å². The van der Waals surface area contributed by atoms with Crippen molar-refractivity contribution in [3.05, 3.63) is 83.6 Å². The Hall–Kier alpha value is -5.71. The van der Waals surface area contributed by atoms with E-state index in [0.717, 1.165) is 81.5 Å². The fraction of sp³-hybridized carbons (Fsp3) is 0.432. The number of carbonyl (C=O) groups is 3. The minimum absolute atomic E-state index is 0.0167. The van der Waals surface area contributed by atoms with Gasteiger partial charge in [0.2, 0.25) is 11.8 Å². The van der Waals surface area contributed by atoms with Crippen molar-refractivity contribution < 1.29 is 23.9 Å². The number of rotatable bonds is 8. The summed E-state index contributed by atoms with van der Waals surface area (Å²) in [5.74, 6) is 8.08. The lowest BCUT2D eigenvalue weighted by Gasteiger charge is -2.34. The number of hydrogen-bond donors (Lipinski definition) is 4. The van der Waals surface area contributed by atoms with Gasteiger partial charge in [0.25, 0.3) is 0 Å². The normalized spacial score (nSPS) is 19.8. The zero-order chi connectivity index (χ0) is 39.6. The molecular formula is C44H50N8O5. The highest BCUT2D eigenvalue weighted by Gasteiger charge is 2.40. The van der Waals surface area contributed by atoms with Crippen molar-refractivity contribution in [1.29, 1.82) is 0 Å². The molecule has 5 N–H and O–H groups in total. The number of imidazole rings is 2. The third-order valence-electron chi connectivity index (χ3n) is 11.8. The van der Waals surface area contributed by atoms with Gasteiger partial charge in [-0.25, -0.2) is 14.8 Å². The lowest BCUT2D eigenvalue weighted by Crippen LogP contribution is -2.53. The van der Waals surface area contributed by atoms with Crippen LogP contribution in [0, 0.1) is 23.7 Å². The molecule has 3 aliphatic heterocycles. The van der Waals surface area contributed by atoms with Gasteiger partial charge in [0.05, 0.1) is 48.2 Å². The molecule has 2 aromatic heterocycles. The summed E-state index contributed by atoms with van der Waals surface area (Å²) in [5.41, 5.74) is 11.6. The van der Waals surface area contributed by atoms with E-state index in [4.69, 9.17) is 20.2 Å². The number of amides is 3. The summed E-state index contributed by atoms with van der Waals surface area (Å²) in [7, 11) is 1.31. The van der Waals surface area contributed by atoms with Gasteiger partial charge < -0.3 is 40.3 Å². The first-order valence-corrected chi connectivity index (χ1v) is 20.1. The molecule has 0 radical (unpaired) electrons. The number of benzene rings is 3. The van der Waals surface area contributed by atoms with Crippen LogP contribution >= 0.6 is 0 Å². The van der Waals surface area contributed by atoms with Crippen LogP contribution in [-0.2, 0) is 19.1 Å². The summed E-state index contributed by atoms with van der Waals surface area (Å²) in [6.07, 6.45) is 6.02. The van der Waals surface area contributed by atoms with Crippen molar-refractivity contribution >= 4 is 39.7 Å². The minimum atomic E-state index is -0.684. The van der Waals surface area contributed by atoms with Crippen LogP contribution in [0.1, 0.15) is 87.2 Å². The molecule has 57 heavy (non-hydrogen) atoms. The molecule has 0 aliphatic carbocycles. The van der Waals surface area contributed by atoms with Gasteiger partial charge in [-0.2, -0.15) is 0 Å². The molecule has 3 aromatic carbocycles. The zero-order valence-electron chi connectivity index (χ0n) is 32.7. The topological polar surface area (TPSA) is 172 Å².